The Morgan fingerprint density at radius 3 is 2.74 bits per heavy atom. The number of hydrogen-bond donors (Lipinski definition) is 1. The normalized spacial score (nSPS) is 11.1. The first-order valence-electron chi connectivity index (χ1n) is 9.84. The second kappa shape index (κ2) is 9.40. The van der Waals surface area contributed by atoms with Gasteiger partial charge in [0, 0.05) is 35.0 Å². The summed E-state index contributed by atoms with van der Waals surface area (Å²) in [7, 11) is 0. The summed E-state index contributed by atoms with van der Waals surface area (Å²) < 4.78 is 1.67. The van der Waals surface area contributed by atoms with Crippen LogP contribution >= 0.6 is 23.1 Å². The number of carbonyl (C=O) groups is 1. The molecule has 4 rings (SSSR count). The van der Waals surface area contributed by atoms with Crippen LogP contribution in [0, 0.1) is 0 Å². The summed E-state index contributed by atoms with van der Waals surface area (Å²) in [6, 6.07) is 16.0. The minimum Gasteiger partial charge on any atom is -0.326 e. The highest BCUT2D eigenvalue weighted by atomic mass is 32.2. The van der Waals surface area contributed by atoms with Crippen molar-refractivity contribution < 1.29 is 4.79 Å². The molecule has 2 heterocycles. The van der Waals surface area contributed by atoms with Crippen LogP contribution in [0.2, 0.25) is 0 Å². The maximum absolute atomic E-state index is 11.3. The molecule has 7 nitrogen and oxygen atoms in total. The Hall–Kier alpha value is -3.04. The van der Waals surface area contributed by atoms with Crippen molar-refractivity contribution in [1.82, 2.24) is 25.2 Å². The fourth-order valence-corrected chi connectivity index (χ4v) is 4.83. The summed E-state index contributed by atoms with van der Waals surface area (Å²) in [5.41, 5.74) is 3.94. The predicted octanol–water partition coefficient (Wildman–Crippen LogP) is 5.16. The van der Waals surface area contributed by atoms with Gasteiger partial charge in [-0.15, -0.1) is 16.4 Å². The first-order valence-corrected chi connectivity index (χ1v) is 11.6. The van der Waals surface area contributed by atoms with Crippen molar-refractivity contribution in [3.8, 4) is 16.3 Å². The number of benzene rings is 2. The summed E-state index contributed by atoms with van der Waals surface area (Å²) in [6.45, 7) is 5.86. The molecule has 0 aliphatic heterocycles. The SMILES string of the molecule is CC(=O)Nc1cccc(-n2nnnc2SCc2cnc(-c3ccc(C(C)C)cc3)s2)c1. The molecule has 4 aromatic rings. The van der Waals surface area contributed by atoms with Gasteiger partial charge in [0.1, 0.15) is 5.01 Å². The lowest BCUT2D eigenvalue weighted by Gasteiger charge is -2.07. The Kier molecular flexibility index (Phi) is 6.43. The molecule has 158 valence electrons. The predicted molar refractivity (Wildman–Crippen MR) is 125 cm³/mol. The zero-order valence-corrected chi connectivity index (χ0v) is 19.1. The van der Waals surface area contributed by atoms with Gasteiger partial charge < -0.3 is 5.32 Å². The molecule has 31 heavy (non-hydrogen) atoms. The molecule has 0 spiro atoms. The van der Waals surface area contributed by atoms with E-state index in [4.69, 9.17) is 0 Å². The highest BCUT2D eigenvalue weighted by molar-refractivity contribution is 7.98. The average Bonchev–Trinajstić information content (AvgIpc) is 3.41. The van der Waals surface area contributed by atoms with E-state index in [9.17, 15) is 4.79 Å². The van der Waals surface area contributed by atoms with Crippen LogP contribution in [0.1, 0.15) is 37.1 Å². The van der Waals surface area contributed by atoms with Crippen molar-refractivity contribution in [2.45, 2.75) is 37.6 Å². The molecule has 0 aliphatic rings. The molecular formula is C22H22N6OS2. The third kappa shape index (κ3) is 5.18. The quantitative estimate of drug-likeness (QED) is 0.392. The molecule has 1 N–H and O–H groups in total. The molecule has 0 radical (unpaired) electrons. The smallest absolute Gasteiger partial charge is 0.221 e. The van der Waals surface area contributed by atoms with E-state index >= 15 is 0 Å². The Bertz CT molecular complexity index is 1180. The molecule has 0 unspecified atom stereocenters. The van der Waals surface area contributed by atoms with Crippen LogP contribution in [-0.4, -0.2) is 31.1 Å². The van der Waals surface area contributed by atoms with Gasteiger partial charge in [-0.2, -0.15) is 4.68 Å². The van der Waals surface area contributed by atoms with Gasteiger partial charge in [-0.05, 0) is 40.1 Å². The summed E-state index contributed by atoms with van der Waals surface area (Å²) in [5.74, 6) is 1.11. The molecular weight excluding hydrogens is 428 g/mol. The fourth-order valence-electron chi connectivity index (χ4n) is 3.00. The van der Waals surface area contributed by atoms with Crippen LogP contribution in [0.3, 0.4) is 0 Å². The lowest BCUT2D eigenvalue weighted by molar-refractivity contribution is -0.114. The highest BCUT2D eigenvalue weighted by Crippen LogP contribution is 2.31. The molecule has 0 saturated heterocycles. The Balaban J connectivity index is 1.46. The number of amides is 1. The number of anilines is 1. The number of thioether (sulfide) groups is 1. The van der Waals surface area contributed by atoms with E-state index in [-0.39, 0.29) is 5.91 Å². The van der Waals surface area contributed by atoms with Crippen molar-refractivity contribution in [1.29, 1.82) is 0 Å². The standard InChI is InChI=1S/C22H22N6OS2/c1-14(2)16-7-9-17(10-8-16)21-23-12-20(31-21)13-30-22-25-26-27-28(22)19-6-4-5-18(11-19)24-15(3)29/h4-12,14H,13H2,1-3H3,(H,24,29). The van der Waals surface area contributed by atoms with Crippen molar-refractivity contribution in [3.05, 3.63) is 65.2 Å². The van der Waals surface area contributed by atoms with Gasteiger partial charge in [-0.1, -0.05) is 55.9 Å². The average molecular weight is 451 g/mol. The summed E-state index contributed by atoms with van der Waals surface area (Å²) >= 11 is 3.22. The number of carbonyl (C=O) groups excluding carboxylic acids is 1. The van der Waals surface area contributed by atoms with Gasteiger partial charge in [0.2, 0.25) is 11.1 Å². The fraction of sp³-hybridized carbons (Fsp3) is 0.227. The first-order chi connectivity index (χ1) is 15.0. The Labute approximate surface area is 188 Å². The third-order valence-corrected chi connectivity index (χ3v) is 6.77. The monoisotopic (exact) mass is 450 g/mol. The number of hydrogen-bond acceptors (Lipinski definition) is 7. The van der Waals surface area contributed by atoms with Crippen LogP contribution in [-0.2, 0) is 10.5 Å². The second-order valence-corrected chi connectivity index (χ2v) is 9.36. The summed E-state index contributed by atoms with van der Waals surface area (Å²) in [4.78, 5) is 17.1. The van der Waals surface area contributed by atoms with Crippen molar-refractivity contribution in [2.24, 2.45) is 0 Å². The minimum atomic E-state index is -0.122. The molecule has 2 aromatic heterocycles. The van der Waals surface area contributed by atoms with E-state index in [0.29, 0.717) is 22.5 Å². The molecule has 0 aliphatic carbocycles. The number of tetrazole rings is 1. The minimum absolute atomic E-state index is 0.122. The number of thiazole rings is 1. The van der Waals surface area contributed by atoms with E-state index in [1.165, 1.54) is 12.5 Å². The molecule has 0 fully saturated rings. The number of rotatable bonds is 7. The van der Waals surface area contributed by atoms with E-state index in [2.05, 4.69) is 63.9 Å². The molecule has 2 aromatic carbocycles. The zero-order chi connectivity index (χ0) is 21.8. The summed E-state index contributed by atoms with van der Waals surface area (Å²) in [5, 5.41) is 16.5. The molecule has 0 bridgehead atoms. The van der Waals surface area contributed by atoms with Crippen LogP contribution < -0.4 is 5.32 Å². The van der Waals surface area contributed by atoms with Crippen LogP contribution in [0.5, 0.6) is 0 Å². The van der Waals surface area contributed by atoms with Crippen LogP contribution in [0.4, 0.5) is 5.69 Å². The summed E-state index contributed by atoms with van der Waals surface area (Å²) in [6.07, 6.45) is 1.91. The second-order valence-electron chi connectivity index (χ2n) is 7.30. The van der Waals surface area contributed by atoms with Crippen molar-refractivity contribution in [3.63, 3.8) is 0 Å². The largest absolute Gasteiger partial charge is 0.326 e. The number of nitrogens with zero attached hydrogens (tertiary/aromatic N) is 5. The molecule has 9 heteroatoms. The molecule has 1 amide bonds. The lowest BCUT2D eigenvalue weighted by Crippen LogP contribution is -2.07. The topological polar surface area (TPSA) is 85.6 Å². The van der Waals surface area contributed by atoms with Gasteiger partial charge in [-0.25, -0.2) is 4.98 Å². The van der Waals surface area contributed by atoms with Gasteiger partial charge in [0.05, 0.1) is 5.69 Å². The third-order valence-electron chi connectivity index (χ3n) is 4.57. The van der Waals surface area contributed by atoms with E-state index in [0.717, 1.165) is 21.1 Å². The molecule has 0 saturated carbocycles. The lowest BCUT2D eigenvalue weighted by atomic mass is 10.0. The van der Waals surface area contributed by atoms with Gasteiger partial charge in [0.15, 0.2) is 0 Å². The molecule has 0 atom stereocenters. The van der Waals surface area contributed by atoms with Gasteiger partial charge in [0.25, 0.3) is 0 Å². The van der Waals surface area contributed by atoms with Crippen molar-refractivity contribution >= 4 is 34.7 Å². The number of aromatic nitrogens is 5. The van der Waals surface area contributed by atoms with E-state index < -0.39 is 0 Å². The van der Waals surface area contributed by atoms with Crippen molar-refractivity contribution in [2.75, 3.05) is 5.32 Å². The van der Waals surface area contributed by atoms with Gasteiger partial charge >= 0.3 is 0 Å². The van der Waals surface area contributed by atoms with Crippen LogP contribution in [0.25, 0.3) is 16.3 Å². The zero-order valence-electron chi connectivity index (χ0n) is 17.4. The highest BCUT2D eigenvalue weighted by Gasteiger charge is 2.12. The first kappa shape index (κ1) is 21.2. The Morgan fingerprint density at radius 1 is 1.19 bits per heavy atom. The van der Waals surface area contributed by atoms with E-state index in [1.807, 2.05) is 30.5 Å². The maximum Gasteiger partial charge on any atom is 0.221 e. The van der Waals surface area contributed by atoms with Gasteiger partial charge in [-0.3, -0.25) is 4.79 Å². The van der Waals surface area contributed by atoms with Crippen LogP contribution in [0.15, 0.2) is 59.9 Å². The van der Waals surface area contributed by atoms with E-state index in [1.54, 1.807) is 27.8 Å². The Morgan fingerprint density at radius 2 is 2.00 bits per heavy atom. The number of nitrogens with one attached hydrogen (secondary N) is 1. The maximum atomic E-state index is 11.3.